The third kappa shape index (κ3) is 5.24. The Morgan fingerprint density at radius 2 is 1.97 bits per heavy atom. The van der Waals surface area contributed by atoms with E-state index in [1.807, 2.05) is 0 Å². The van der Waals surface area contributed by atoms with Crippen LogP contribution in [0.3, 0.4) is 0 Å². The Kier molecular flexibility index (Phi) is 6.86. The Morgan fingerprint density at radius 1 is 1.27 bits per heavy atom. The average Bonchev–Trinajstić information content (AvgIpc) is 3.28. The summed E-state index contributed by atoms with van der Waals surface area (Å²) in [6.45, 7) is 2.18. The second kappa shape index (κ2) is 9.38. The van der Waals surface area contributed by atoms with Gasteiger partial charge in [-0.3, -0.25) is 4.79 Å². The molecule has 0 radical (unpaired) electrons. The summed E-state index contributed by atoms with van der Waals surface area (Å²) < 4.78 is 12.5. The maximum atomic E-state index is 12.2. The number of ether oxygens (including phenoxy) is 1. The normalized spacial score (nSPS) is 10.8. The van der Waals surface area contributed by atoms with Crippen LogP contribution in [0.2, 0.25) is 15.1 Å². The van der Waals surface area contributed by atoms with Crippen LogP contribution in [-0.4, -0.2) is 27.2 Å². The van der Waals surface area contributed by atoms with E-state index in [9.17, 15) is 14.9 Å². The van der Waals surface area contributed by atoms with E-state index >= 15 is 0 Å². The van der Waals surface area contributed by atoms with Crippen LogP contribution in [0, 0.1) is 17.0 Å². The third-order valence-electron chi connectivity index (χ3n) is 3.97. The molecular weight excluding hydrogens is 459 g/mol. The van der Waals surface area contributed by atoms with Gasteiger partial charge in [-0.25, -0.2) is 0 Å². The number of carbonyl (C=O) groups excluding carboxylic acids is 1. The maximum absolute atomic E-state index is 12.2. The molecule has 0 saturated heterocycles. The summed E-state index contributed by atoms with van der Waals surface area (Å²) in [5.74, 6) is 0.0539. The van der Waals surface area contributed by atoms with E-state index < -0.39 is 10.8 Å². The first-order valence-corrected chi connectivity index (χ1v) is 9.71. The molecule has 0 aliphatic heterocycles. The highest BCUT2D eigenvalue weighted by atomic mass is 35.5. The zero-order valence-electron chi connectivity index (χ0n) is 15.5. The summed E-state index contributed by atoms with van der Waals surface area (Å²) in [5.41, 5.74) is 0.618. The Hall–Kier alpha value is -2.75. The Balaban J connectivity index is 1.53. The highest BCUT2D eigenvalue weighted by Crippen LogP contribution is 2.36. The van der Waals surface area contributed by atoms with Gasteiger partial charge in [0.2, 0.25) is 0 Å². The van der Waals surface area contributed by atoms with Crippen molar-refractivity contribution in [2.24, 2.45) is 0 Å². The third-order valence-corrected chi connectivity index (χ3v) is 4.75. The molecule has 158 valence electrons. The van der Waals surface area contributed by atoms with Crippen molar-refractivity contribution in [2.75, 3.05) is 6.54 Å². The van der Waals surface area contributed by atoms with Gasteiger partial charge in [-0.05, 0) is 36.1 Å². The van der Waals surface area contributed by atoms with E-state index in [1.165, 1.54) is 28.9 Å². The number of benzene rings is 1. The Morgan fingerprint density at radius 3 is 2.60 bits per heavy atom. The van der Waals surface area contributed by atoms with Crippen LogP contribution in [-0.2, 0) is 13.2 Å². The molecule has 0 saturated carbocycles. The van der Waals surface area contributed by atoms with Crippen molar-refractivity contribution >= 4 is 46.5 Å². The fourth-order valence-electron chi connectivity index (χ4n) is 2.56. The topological polar surface area (TPSA) is 112 Å². The molecule has 2 heterocycles. The van der Waals surface area contributed by atoms with E-state index in [0.717, 1.165) is 0 Å². The molecule has 0 unspecified atom stereocenters. The molecule has 0 fully saturated rings. The molecule has 1 N–H and O–H groups in total. The zero-order chi connectivity index (χ0) is 21.8. The smallest absolute Gasteiger partial charge is 0.390 e. The number of nitro groups is 1. The summed E-state index contributed by atoms with van der Waals surface area (Å²) in [6, 6.07) is 7.46. The second-order valence-electron chi connectivity index (χ2n) is 6.13. The van der Waals surface area contributed by atoms with Crippen molar-refractivity contribution < 1.29 is 18.9 Å². The first kappa shape index (κ1) is 21.9. The van der Waals surface area contributed by atoms with Gasteiger partial charge < -0.3 is 24.6 Å². The second-order valence-corrected chi connectivity index (χ2v) is 7.38. The molecule has 0 spiro atoms. The van der Waals surface area contributed by atoms with Crippen LogP contribution in [0.25, 0.3) is 0 Å². The van der Waals surface area contributed by atoms with Crippen molar-refractivity contribution in [3.63, 3.8) is 0 Å². The Bertz CT molecular complexity index is 1070. The molecule has 9 nitrogen and oxygen atoms in total. The van der Waals surface area contributed by atoms with Gasteiger partial charge in [0.25, 0.3) is 5.91 Å². The molecule has 2 aromatic heterocycles. The number of hydrogen-bond acceptors (Lipinski definition) is 6. The van der Waals surface area contributed by atoms with E-state index in [4.69, 9.17) is 44.0 Å². The molecule has 0 atom stereocenters. The number of hydrogen-bond donors (Lipinski definition) is 1. The van der Waals surface area contributed by atoms with Gasteiger partial charge >= 0.3 is 5.82 Å². The standard InChI is InChI=1S/C18H15Cl3N4O5/c1-10-6-16(25(27)28)23-24(10)5-4-22-18(26)15-3-2-12(30-15)9-29-17-13(20)7-11(19)8-14(17)21/h2-3,6-8H,4-5,9H2,1H3,(H,22,26). The molecule has 1 amide bonds. The predicted molar refractivity (Wildman–Crippen MR) is 110 cm³/mol. The van der Waals surface area contributed by atoms with Crippen molar-refractivity contribution in [3.05, 3.63) is 72.7 Å². The lowest BCUT2D eigenvalue weighted by Crippen LogP contribution is -2.27. The first-order valence-electron chi connectivity index (χ1n) is 8.57. The quantitative estimate of drug-likeness (QED) is 0.376. The van der Waals surface area contributed by atoms with Gasteiger partial charge in [0.1, 0.15) is 12.4 Å². The molecule has 12 heteroatoms. The zero-order valence-corrected chi connectivity index (χ0v) is 17.8. The van der Waals surface area contributed by atoms with E-state index in [2.05, 4.69) is 10.4 Å². The SMILES string of the molecule is Cc1cc([N+](=O)[O-])nn1CCNC(=O)c1ccc(COc2c(Cl)cc(Cl)cc2Cl)o1. The molecule has 0 aliphatic carbocycles. The lowest BCUT2D eigenvalue weighted by molar-refractivity contribution is -0.389. The minimum Gasteiger partial charge on any atom is -0.483 e. The number of nitrogens with one attached hydrogen (secondary N) is 1. The summed E-state index contributed by atoms with van der Waals surface area (Å²) in [5, 5.41) is 18.2. The number of amides is 1. The summed E-state index contributed by atoms with van der Waals surface area (Å²) >= 11 is 18.0. The molecule has 1 aromatic carbocycles. The fraction of sp³-hybridized carbons (Fsp3) is 0.222. The molecule has 3 rings (SSSR count). The molecular formula is C18H15Cl3N4O5. The van der Waals surface area contributed by atoms with Crippen LogP contribution in [0.5, 0.6) is 5.75 Å². The van der Waals surface area contributed by atoms with Gasteiger partial charge in [0.15, 0.2) is 11.5 Å². The number of halogens is 3. The fourth-order valence-corrected chi connectivity index (χ4v) is 3.48. The average molecular weight is 474 g/mol. The Labute approximate surface area is 185 Å². The summed E-state index contributed by atoms with van der Waals surface area (Å²) in [7, 11) is 0. The molecule has 0 bridgehead atoms. The van der Waals surface area contributed by atoms with Gasteiger partial charge in [-0.1, -0.05) is 34.8 Å². The van der Waals surface area contributed by atoms with E-state index in [-0.39, 0.29) is 47.1 Å². The van der Waals surface area contributed by atoms with Crippen molar-refractivity contribution in [3.8, 4) is 5.75 Å². The van der Waals surface area contributed by atoms with Crippen LogP contribution < -0.4 is 10.1 Å². The minimum atomic E-state index is -0.571. The van der Waals surface area contributed by atoms with Gasteiger partial charge in [-0.15, -0.1) is 0 Å². The van der Waals surface area contributed by atoms with Crippen molar-refractivity contribution in [1.29, 1.82) is 0 Å². The number of carbonyl (C=O) groups is 1. The lowest BCUT2D eigenvalue weighted by Gasteiger charge is -2.09. The molecule has 30 heavy (non-hydrogen) atoms. The number of rotatable bonds is 8. The monoisotopic (exact) mass is 472 g/mol. The van der Waals surface area contributed by atoms with E-state index in [0.29, 0.717) is 16.5 Å². The molecule has 0 aliphatic rings. The van der Waals surface area contributed by atoms with Crippen molar-refractivity contribution in [1.82, 2.24) is 15.1 Å². The largest absolute Gasteiger partial charge is 0.483 e. The minimum absolute atomic E-state index is 0.00447. The van der Waals surface area contributed by atoms with Crippen LogP contribution in [0.4, 0.5) is 5.82 Å². The van der Waals surface area contributed by atoms with Gasteiger partial charge in [0, 0.05) is 11.6 Å². The number of furan rings is 1. The summed E-state index contributed by atoms with van der Waals surface area (Å²) in [6.07, 6.45) is 0. The first-order chi connectivity index (χ1) is 14.2. The summed E-state index contributed by atoms with van der Waals surface area (Å²) in [4.78, 5) is 22.4. The number of aromatic nitrogens is 2. The number of aryl methyl sites for hydroxylation is 1. The maximum Gasteiger partial charge on any atom is 0.390 e. The van der Waals surface area contributed by atoms with Gasteiger partial charge in [-0.2, -0.15) is 4.68 Å². The lowest BCUT2D eigenvalue weighted by atomic mass is 10.3. The number of nitrogens with zero attached hydrogens (tertiary/aromatic N) is 3. The molecule has 3 aromatic rings. The van der Waals surface area contributed by atoms with Crippen LogP contribution in [0.15, 0.2) is 34.7 Å². The van der Waals surface area contributed by atoms with Crippen LogP contribution in [0.1, 0.15) is 22.0 Å². The van der Waals surface area contributed by atoms with Gasteiger partial charge in [0.05, 0.1) is 33.4 Å². The van der Waals surface area contributed by atoms with Crippen molar-refractivity contribution in [2.45, 2.75) is 20.1 Å². The predicted octanol–water partition coefficient (Wildman–Crippen LogP) is 4.66. The highest BCUT2D eigenvalue weighted by Gasteiger charge is 2.16. The van der Waals surface area contributed by atoms with E-state index in [1.54, 1.807) is 13.0 Å². The highest BCUT2D eigenvalue weighted by molar-refractivity contribution is 6.40. The van der Waals surface area contributed by atoms with Crippen LogP contribution >= 0.6 is 34.8 Å².